The highest BCUT2D eigenvalue weighted by Gasteiger charge is 2.29. The number of nitro groups is 1. The normalized spacial score (nSPS) is 16.2. The van der Waals surface area contributed by atoms with Gasteiger partial charge in [0.2, 0.25) is 0 Å². The number of amides is 1. The molecule has 1 N–H and O–H groups in total. The van der Waals surface area contributed by atoms with Crippen LogP contribution in [0.15, 0.2) is 41.8 Å². The average Bonchev–Trinajstić information content (AvgIpc) is 3.06. The van der Waals surface area contributed by atoms with E-state index in [0.29, 0.717) is 13.0 Å². The minimum Gasteiger partial charge on any atom is -0.337 e. The molecule has 1 amide bonds. The standard InChI is InChI=1S/C15H17N5O5S/c21-15(12-3-1-4-13(9-12)20(22)23)18-5-2-6-19(8-7-18)26(24,25)14-10-16-11-17-14/h1,3-4,9-11H,2,5-8H2,(H,16,17). The molecule has 11 heteroatoms. The van der Waals surface area contributed by atoms with Crippen LogP contribution in [-0.4, -0.2) is 64.6 Å². The molecule has 1 aliphatic heterocycles. The molecule has 1 aliphatic rings. The van der Waals surface area contributed by atoms with E-state index in [1.807, 2.05) is 0 Å². The van der Waals surface area contributed by atoms with Crippen molar-refractivity contribution < 1.29 is 18.1 Å². The SMILES string of the molecule is O=C(c1cccc([N+](=O)[O-])c1)N1CCCN(S(=O)(=O)c2cnc[nH]2)CC1. The van der Waals surface area contributed by atoms with Crippen LogP contribution in [0.5, 0.6) is 0 Å². The Morgan fingerprint density at radius 3 is 2.73 bits per heavy atom. The third kappa shape index (κ3) is 3.58. The van der Waals surface area contributed by atoms with E-state index in [1.165, 1.54) is 46.0 Å². The number of H-pyrrole nitrogens is 1. The van der Waals surface area contributed by atoms with Crippen LogP contribution in [0.3, 0.4) is 0 Å². The molecule has 0 saturated carbocycles. The van der Waals surface area contributed by atoms with Gasteiger partial charge < -0.3 is 9.88 Å². The van der Waals surface area contributed by atoms with Crippen LogP contribution in [0.4, 0.5) is 5.69 Å². The third-order valence-corrected chi connectivity index (χ3v) is 5.96. The second-order valence-electron chi connectivity index (χ2n) is 5.77. The first kappa shape index (κ1) is 18.0. The lowest BCUT2D eigenvalue weighted by Crippen LogP contribution is -2.37. The fraction of sp³-hybridized carbons (Fsp3) is 0.333. The summed E-state index contributed by atoms with van der Waals surface area (Å²) in [6, 6.07) is 5.52. The lowest BCUT2D eigenvalue weighted by Gasteiger charge is -2.21. The molecule has 1 saturated heterocycles. The smallest absolute Gasteiger partial charge is 0.270 e. The lowest BCUT2D eigenvalue weighted by molar-refractivity contribution is -0.384. The van der Waals surface area contributed by atoms with Crippen LogP contribution in [0.1, 0.15) is 16.8 Å². The average molecular weight is 379 g/mol. The van der Waals surface area contributed by atoms with E-state index < -0.39 is 14.9 Å². The van der Waals surface area contributed by atoms with Gasteiger partial charge in [-0.3, -0.25) is 14.9 Å². The molecule has 1 fully saturated rings. The molecule has 1 aromatic carbocycles. The lowest BCUT2D eigenvalue weighted by atomic mass is 10.1. The van der Waals surface area contributed by atoms with Gasteiger partial charge in [-0.15, -0.1) is 0 Å². The van der Waals surface area contributed by atoms with Crippen LogP contribution in [0, 0.1) is 10.1 Å². The molecular formula is C15H17N5O5S. The van der Waals surface area contributed by atoms with Gasteiger partial charge in [0.1, 0.15) is 0 Å². The number of nitrogens with one attached hydrogen (secondary N) is 1. The van der Waals surface area contributed by atoms with E-state index in [2.05, 4.69) is 9.97 Å². The molecule has 138 valence electrons. The predicted molar refractivity (Wildman–Crippen MR) is 91.0 cm³/mol. The Balaban J connectivity index is 1.73. The highest BCUT2D eigenvalue weighted by atomic mass is 32.2. The summed E-state index contributed by atoms with van der Waals surface area (Å²) in [7, 11) is -3.69. The van der Waals surface area contributed by atoms with Crippen molar-refractivity contribution in [3.8, 4) is 0 Å². The molecular weight excluding hydrogens is 362 g/mol. The fourth-order valence-corrected chi connectivity index (χ4v) is 4.16. The van der Waals surface area contributed by atoms with Gasteiger partial charge in [-0.1, -0.05) is 6.07 Å². The second kappa shape index (κ2) is 7.22. The van der Waals surface area contributed by atoms with Crippen molar-refractivity contribution in [2.24, 2.45) is 0 Å². The summed E-state index contributed by atoms with van der Waals surface area (Å²) in [5.41, 5.74) is 0.0539. The van der Waals surface area contributed by atoms with Crippen LogP contribution in [0.25, 0.3) is 0 Å². The van der Waals surface area contributed by atoms with E-state index in [4.69, 9.17) is 0 Å². The number of carbonyl (C=O) groups is 1. The molecule has 0 radical (unpaired) electrons. The van der Waals surface area contributed by atoms with Crippen molar-refractivity contribution in [1.82, 2.24) is 19.2 Å². The Kier molecular flexibility index (Phi) is 5.00. The van der Waals surface area contributed by atoms with Gasteiger partial charge in [0.05, 0.1) is 17.4 Å². The quantitative estimate of drug-likeness (QED) is 0.619. The van der Waals surface area contributed by atoms with Gasteiger partial charge >= 0.3 is 0 Å². The topological polar surface area (TPSA) is 130 Å². The Morgan fingerprint density at radius 2 is 2.04 bits per heavy atom. The zero-order valence-corrected chi connectivity index (χ0v) is 14.6. The van der Waals surface area contributed by atoms with Crippen molar-refractivity contribution in [2.75, 3.05) is 26.2 Å². The number of hydrogen-bond donors (Lipinski definition) is 1. The molecule has 10 nitrogen and oxygen atoms in total. The van der Waals surface area contributed by atoms with Crippen molar-refractivity contribution >= 4 is 21.6 Å². The summed E-state index contributed by atoms with van der Waals surface area (Å²) in [5.74, 6) is -0.352. The molecule has 3 rings (SSSR count). The number of hydrogen-bond acceptors (Lipinski definition) is 6. The number of sulfonamides is 1. The number of nitro benzene ring substituents is 1. The van der Waals surface area contributed by atoms with Gasteiger partial charge in [-0.2, -0.15) is 4.31 Å². The van der Waals surface area contributed by atoms with E-state index >= 15 is 0 Å². The summed E-state index contributed by atoms with van der Waals surface area (Å²) in [5, 5.41) is 10.9. The van der Waals surface area contributed by atoms with E-state index in [-0.39, 0.29) is 41.8 Å². The largest absolute Gasteiger partial charge is 0.337 e. The maximum Gasteiger partial charge on any atom is 0.270 e. The van der Waals surface area contributed by atoms with Crippen LogP contribution in [0.2, 0.25) is 0 Å². The maximum absolute atomic E-state index is 12.6. The van der Waals surface area contributed by atoms with Gasteiger partial charge in [0.25, 0.3) is 21.6 Å². The highest BCUT2D eigenvalue weighted by Crippen LogP contribution is 2.18. The number of nitrogens with zero attached hydrogens (tertiary/aromatic N) is 4. The number of carbonyl (C=O) groups excluding carboxylic acids is 1. The molecule has 1 aromatic heterocycles. The monoisotopic (exact) mass is 379 g/mol. The molecule has 2 heterocycles. The summed E-state index contributed by atoms with van der Waals surface area (Å²) in [6.07, 6.45) is 3.00. The summed E-state index contributed by atoms with van der Waals surface area (Å²) in [6.45, 7) is 0.994. The van der Waals surface area contributed by atoms with E-state index in [0.717, 1.165) is 0 Å². The molecule has 0 atom stereocenters. The van der Waals surface area contributed by atoms with Crippen LogP contribution >= 0.6 is 0 Å². The summed E-state index contributed by atoms with van der Waals surface area (Å²) in [4.78, 5) is 30.8. The molecule has 0 spiro atoms. The molecule has 0 bridgehead atoms. The van der Waals surface area contributed by atoms with Gasteiger partial charge in [0.15, 0.2) is 5.03 Å². The zero-order valence-electron chi connectivity index (χ0n) is 13.7. The Labute approximate surface area is 149 Å². The first-order chi connectivity index (χ1) is 12.4. The Morgan fingerprint density at radius 1 is 1.23 bits per heavy atom. The molecule has 0 unspecified atom stereocenters. The van der Waals surface area contributed by atoms with Crippen molar-refractivity contribution in [3.63, 3.8) is 0 Å². The number of benzene rings is 1. The Hall–Kier alpha value is -2.79. The number of aromatic nitrogens is 2. The fourth-order valence-electron chi connectivity index (χ4n) is 2.80. The highest BCUT2D eigenvalue weighted by molar-refractivity contribution is 7.89. The minimum atomic E-state index is -3.69. The molecule has 0 aliphatic carbocycles. The zero-order chi connectivity index (χ0) is 18.7. The Bertz CT molecular complexity index is 912. The van der Waals surface area contributed by atoms with Gasteiger partial charge in [-0.05, 0) is 12.5 Å². The van der Waals surface area contributed by atoms with E-state index in [1.54, 1.807) is 0 Å². The van der Waals surface area contributed by atoms with Crippen molar-refractivity contribution in [2.45, 2.75) is 11.4 Å². The first-order valence-electron chi connectivity index (χ1n) is 7.92. The third-order valence-electron chi connectivity index (χ3n) is 4.14. The van der Waals surface area contributed by atoms with Gasteiger partial charge in [-0.25, -0.2) is 13.4 Å². The maximum atomic E-state index is 12.6. The second-order valence-corrected chi connectivity index (χ2v) is 7.68. The minimum absolute atomic E-state index is 0.0101. The van der Waals surface area contributed by atoms with E-state index in [9.17, 15) is 23.3 Å². The van der Waals surface area contributed by atoms with Crippen LogP contribution in [-0.2, 0) is 10.0 Å². The predicted octanol–water partition coefficient (Wildman–Crippen LogP) is 0.855. The van der Waals surface area contributed by atoms with Gasteiger partial charge in [0, 0.05) is 43.9 Å². The number of rotatable bonds is 4. The molecule has 26 heavy (non-hydrogen) atoms. The van der Waals surface area contributed by atoms with Crippen molar-refractivity contribution in [3.05, 3.63) is 52.5 Å². The number of aromatic amines is 1. The number of non-ortho nitro benzene ring substituents is 1. The number of imidazole rings is 1. The summed E-state index contributed by atoms with van der Waals surface area (Å²) < 4.78 is 26.4. The summed E-state index contributed by atoms with van der Waals surface area (Å²) >= 11 is 0. The first-order valence-corrected chi connectivity index (χ1v) is 9.36. The van der Waals surface area contributed by atoms with Crippen LogP contribution < -0.4 is 0 Å². The van der Waals surface area contributed by atoms with Crippen molar-refractivity contribution in [1.29, 1.82) is 0 Å². The molecule has 2 aromatic rings.